The third kappa shape index (κ3) is 5.72. The Morgan fingerprint density at radius 3 is 2.14 bits per heavy atom. The van der Waals surface area contributed by atoms with Crippen LogP contribution in [0.25, 0.3) is 0 Å². The normalized spacial score (nSPS) is 16.0. The van der Waals surface area contributed by atoms with Crippen molar-refractivity contribution < 1.29 is 19.6 Å². The molecule has 28 heavy (non-hydrogen) atoms. The van der Waals surface area contributed by atoms with E-state index in [2.05, 4.69) is 15.5 Å². The molecule has 1 amide bonds. The zero-order valence-corrected chi connectivity index (χ0v) is 15.6. The molecule has 1 fully saturated rings. The molecule has 3 rings (SSSR count). The second-order valence-electron chi connectivity index (χ2n) is 6.93. The number of likely N-dealkylation sites (tertiary alicyclic amines) is 1. The molecule has 1 aliphatic rings. The van der Waals surface area contributed by atoms with Crippen molar-refractivity contribution in [1.82, 2.24) is 0 Å². The number of anilines is 1. The third-order valence-electron chi connectivity index (χ3n) is 4.85. The molecule has 0 aromatic heterocycles. The maximum atomic E-state index is 12.3. The molecule has 146 valence electrons. The van der Waals surface area contributed by atoms with E-state index in [1.54, 1.807) is 24.3 Å². The van der Waals surface area contributed by atoms with E-state index < -0.39 is 12.0 Å². The number of quaternary nitrogens is 1. The minimum absolute atomic E-state index is 0.0901. The Hall–Kier alpha value is -3.06. The molecule has 7 nitrogen and oxygen atoms in total. The van der Waals surface area contributed by atoms with Crippen molar-refractivity contribution in [2.24, 2.45) is 10.2 Å². The summed E-state index contributed by atoms with van der Waals surface area (Å²) in [6, 6.07) is 15.5. The van der Waals surface area contributed by atoms with Crippen LogP contribution in [0.3, 0.4) is 0 Å². The van der Waals surface area contributed by atoms with E-state index in [1.165, 1.54) is 0 Å². The van der Waals surface area contributed by atoms with Gasteiger partial charge in [0.05, 0.1) is 36.9 Å². The zero-order chi connectivity index (χ0) is 19.8. The van der Waals surface area contributed by atoms with Crippen LogP contribution < -0.4 is 15.3 Å². The first-order valence-electron chi connectivity index (χ1n) is 9.54. The summed E-state index contributed by atoms with van der Waals surface area (Å²) in [7, 11) is 0. The molecule has 1 atom stereocenters. The van der Waals surface area contributed by atoms with Crippen molar-refractivity contribution in [2.45, 2.75) is 31.7 Å². The van der Waals surface area contributed by atoms with Gasteiger partial charge in [0, 0.05) is 5.69 Å². The van der Waals surface area contributed by atoms with Crippen LogP contribution in [0.1, 0.15) is 25.7 Å². The number of piperidine rings is 1. The lowest BCUT2D eigenvalue weighted by molar-refractivity contribution is -0.922. The van der Waals surface area contributed by atoms with Crippen LogP contribution in [0.4, 0.5) is 17.1 Å². The minimum atomic E-state index is -1.16. The van der Waals surface area contributed by atoms with Crippen LogP contribution in [0.2, 0.25) is 0 Å². The number of hydrogen-bond donors (Lipinski definition) is 2. The standard InChI is InChI=1S/C21H24N4O3/c26-20(15-19(21(27)28)25-13-5-2-6-14-25)22-16-9-11-18(12-10-16)24-23-17-7-3-1-4-8-17/h1,3-4,7-12,19H,2,5-6,13-15H2,(H,22,26)(H,27,28)/t19-/m1/s1. The Morgan fingerprint density at radius 1 is 0.929 bits per heavy atom. The molecule has 1 saturated heterocycles. The quantitative estimate of drug-likeness (QED) is 0.714. The van der Waals surface area contributed by atoms with E-state index >= 15 is 0 Å². The summed E-state index contributed by atoms with van der Waals surface area (Å²) in [5, 5.41) is 22.5. The molecular formula is C21H24N4O3. The largest absolute Gasteiger partial charge is 0.544 e. The Morgan fingerprint density at radius 2 is 1.54 bits per heavy atom. The Bertz CT molecular complexity index is 815. The number of carbonyl (C=O) groups excluding carboxylic acids is 2. The zero-order valence-electron chi connectivity index (χ0n) is 15.6. The molecule has 0 bridgehead atoms. The van der Waals surface area contributed by atoms with Gasteiger partial charge < -0.3 is 20.1 Å². The number of benzene rings is 2. The van der Waals surface area contributed by atoms with Gasteiger partial charge >= 0.3 is 0 Å². The molecule has 1 heterocycles. The van der Waals surface area contributed by atoms with Crippen LogP contribution in [-0.4, -0.2) is 31.0 Å². The van der Waals surface area contributed by atoms with Gasteiger partial charge in [-0.15, -0.1) is 0 Å². The van der Waals surface area contributed by atoms with E-state index in [-0.39, 0.29) is 12.3 Å². The van der Waals surface area contributed by atoms with Crippen LogP contribution in [0.5, 0.6) is 0 Å². The molecule has 0 unspecified atom stereocenters. The number of amides is 1. The van der Waals surface area contributed by atoms with E-state index in [9.17, 15) is 14.7 Å². The Kier molecular flexibility index (Phi) is 6.86. The van der Waals surface area contributed by atoms with Gasteiger partial charge in [0.2, 0.25) is 5.91 Å². The van der Waals surface area contributed by atoms with Gasteiger partial charge in [0.15, 0.2) is 0 Å². The number of aliphatic carboxylic acids is 1. The molecule has 0 saturated carbocycles. The number of nitrogens with one attached hydrogen (secondary N) is 2. The van der Waals surface area contributed by atoms with Crippen molar-refractivity contribution in [3.05, 3.63) is 54.6 Å². The first kappa shape index (κ1) is 19.7. The number of carboxylic acid groups (broad SMARTS) is 1. The van der Waals surface area contributed by atoms with Gasteiger partial charge in [0.1, 0.15) is 6.04 Å². The number of hydrogen-bond acceptors (Lipinski definition) is 5. The summed E-state index contributed by atoms with van der Waals surface area (Å²) in [6.45, 7) is 1.54. The van der Waals surface area contributed by atoms with Crippen molar-refractivity contribution in [2.75, 3.05) is 18.4 Å². The number of nitrogens with zero attached hydrogens (tertiary/aromatic N) is 2. The Labute approximate surface area is 164 Å². The van der Waals surface area contributed by atoms with Crippen LogP contribution >= 0.6 is 0 Å². The van der Waals surface area contributed by atoms with Gasteiger partial charge in [-0.05, 0) is 55.7 Å². The highest BCUT2D eigenvalue weighted by Crippen LogP contribution is 2.20. The summed E-state index contributed by atoms with van der Waals surface area (Å²) in [5.41, 5.74) is 2.01. The monoisotopic (exact) mass is 380 g/mol. The van der Waals surface area contributed by atoms with Crippen molar-refractivity contribution >= 4 is 28.9 Å². The van der Waals surface area contributed by atoms with Crippen LogP contribution in [0, 0.1) is 0 Å². The maximum absolute atomic E-state index is 12.3. The molecular weight excluding hydrogens is 356 g/mol. The average Bonchev–Trinajstić information content (AvgIpc) is 2.73. The second kappa shape index (κ2) is 9.75. The van der Waals surface area contributed by atoms with Crippen LogP contribution in [-0.2, 0) is 9.59 Å². The first-order valence-corrected chi connectivity index (χ1v) is 9.54. The molecule has 2 aromatic rings. The lowest BCUT2D eigenvalue weighted by atomic mass is 10.1. The molecule has 2 aromatic carbocycles. The molecule has 1 aliphatic heterocycles. The summed E-state index contributed by atoms with van der Waals surface area (Å²) in [6.07, 6.45) is 3.00. The molecule has 2 N–H and O–H groups in total. The lowest BCUT2D eigenvalue weighted by Crippen LogP contribution is -3.18. The maximum Gasteiger partial charge on any atom is 0.230 e. The number of carboxylic acids is 1. The molecule has 0 aliphatic carbocycles. The van der Waals surface area contributed by atoms with E-state index in [0.717, 1.165) is 42.9 Å². The predicted molar refractivity (Wildman–Crippen MR) is 104 cm³/mol. The highest BCUT2D eigenvalue weighted by Gasteiger charge is 2.27. The third-order valence-corrected chi connectivity index (χ3v) is 4.85. The molecule has 0 spiro atoms. The van der Waals surface area contributed by atoms with Gasteiger partial charge in [0.25, 0.3) is 0 Å². The highest BCUT2D eigenvalue weighted by molar-refractivity contribution is 5.93. The fourth-order valence-corrected chi connectivity index (χ4v) is 3.37. The van der Waals surface area contributed by atoms with Crippen molar-refractivity contribution in [3.8, 4) is 0 Å². The SMILES string of the molecule is O=C(C[C@H](C(=O)[O-])[NH+]1CCCCC1)Nc1ccc(N=Nc2ccccc2)cc1. The average molecular weight is 380 g/mol. The van der Waals surface area contributed by atoms with E-state index in [0.29, 0.717) is 11.4 Å². The summed E-state index contributed by atoms with van der Waals surface area (Å²) in [4.78, 5) is 24.7. The molecule has 0 radical (unpaired) electrons. The van der Waals surface area contributed by atoms with Crippen molar-refractivity contribution in [3.63, 3.8) is 0 Å². The van der Waals surface area contributed by atoms with Gasteiger partial charge in [-0.1, -0.05) is 18.2 Å². The van der Waals surface area contributed by atoms with Gasteiger partial charge in [-0.25, -0.2) is 0 Å². The van der Waals surface area contributed by atoms with Gasteiger partial charge in [-0.2, -0.15) is 10.2 Å². The van der Waals surface area contributed by atoms with E-state index in [1.807, 2.05) is 30.3 Å². The fourth-order valence-electron chi connectivity index (χ4n) is 3.37. The second-order valence-corrected chi connectivity index (χ2v) is 6.93. The number of azo groups is 1. The topological polar surface area (TPSA) is 98.4 Å². The smallest absolute Gasteiger partial charge is 0.230 e. The van der Waals surface area contributed by atoms with Crippen LogP contribution in [0.15, 0.2) is 64.8 Å². The minimum Gasteiger partial charge on any atom is -0.544 e. The summed E-state index contributed by atoms with van der Waals surface area (Å²) in [5.74, 6) is -1.49. The summed E-state index contributed by atoms with van der Waals surface area (Å²) < 4.78 is 0. The lowest BCUT2D eigenvalue weighted by Gasteiger charge is -2.31. The highest BCUT2D eigenvalue weighted by atomic mass is 16.4. The number of rotatable bonds is 7. The van der Waals surface area contributed by atoms with E-state index in [4.69, 9.17) is 0 Å². The fraction of sp³-hybridized carbons (Fsp3) is 0.333. The Balaban J connectivity index is 1.56. The van der Waals surface area contributed by atoms with Gasteiger partial charge in [-0.3, -0.25) is 4.79 Å². The summed E-state index contributed by atoms with van der Waals surface area (Å²) >= 11 is 0. The molecule has 7 heteroatoms. The van der Waals surface area contributed by atoms with Crippen molar-refractivity contribution in [1.29, 1.82) is 0 Å². The predicted octanol–water partition coefficient (Wildman–Crippen LogP) is 1.62. The number of carbonyl (C=O) groups is 2. The first-order chi connectivity index (χ1) is 13.6.